The van der Waals surface area contributed by atoms with Gasteiger partial charge >= 0.3 is 6.36 Å². The SMILES string of the molecule is C[C@H]1C[C@@H](OCC(=O)NC2CN(C(=O)COC3CC(OC(F)(F)F)C3)C2)C1. The van der Waals surface area contributed by atoms with Gasteiger partial charge in [0.05, 0.1) is 24.4 Å². The summed E-state index contributed by atoms with van der Waals surface area (Å²) in [5, 5.41) is 2.81. The first-order valence-electron chi connectivity index (χ1n) is 9.23. The Bertz CT molecular complexity index is 541. The summed E-state index contributed by atoms with van der Waals surface area (Å²) in [5.74, 6) is 0.239. The number of amides is 2. The van der Waals surface area contributed by atoms with Crippen LogP contribution in [-0.4, -0.2) is 73.7 Å². The third-order valence-electron chi connectivity index (χ3n) is 5.17. The van der Waals surface area contributed by atoms with E-state index in [2.05, 4.69) is 17.0 Å². The van der Waals surface area contributed by atoms with Crippen LogP contribution in [0.4, 0.5) is 13.2 Å². The third kappa shape index (κ3) is 6.05. The molecule has 1 aliphatic heterocycles. The minimum absolute atomic E-state index is 0.0355. The van der Waals surface area contributed by atoms with Crippen molar-refractivity contribution in [3.05, 3.63) is 0 Å². The van der Waals surface area contributed by atoms with E-state index in [4.69, 9.17) is 9.47 Å². The van der Waals surface area contributed by atoms with Crippen molar-refractivity contribution in [1.29, 1.82) is 0 Å². The van der Waals surface area contributed by atoms with Crippen molar-refractivity contribution in [2.24, 2.45) is 5.92 Å². The van der Waals surface area contributed by atoms with Gasteiger partial charge in [0.15, 0.2) is 0 Å². The number of rotatable bonds is 8. The van der Waals surface area contributed by atoms with Gasteiger partial charge in [-0.3, -0.25) is 14.3 Å². The summed E-state index contributed by atoms with van der Waals surface area (Å²) in [7, 11) is 0. The highest BCUT2D eigenvalue weighted by atomic mass is 19.4. The van der Waals surface area contributed by atoms with Crippen LogP contribution in [0.2, 0.25) is 0 Å². The fourth-order valence-corrected chi connectivity index (χ4v) is 3.42. The minimum Gasteiger partial charge on any atom is -0.368 e. The Hall–Kier alpha value is -1.39. The highest BCUT2D eigenvalue weighted by Gasteiger charge is 2.41. The van der Waals surface area contributed by atoms with Crippen molar-refractivity contribution >= 4 is 11.8 Å². The van der Waals surface area contributed by atoms with Crippen LogP contribution in [0, 0.1) is 5.92 Å². The van der Waals surface area contributed by atoms with E-state index in [0.717, 1.165) is 12.8 Å². The lowest BCUT2D eigenvalue weighted by Crippen LogP contribution is -2.62. The summed E-state index contributed by atoms with van der Waals surface area (Å²) in [5.41, 5.74) is 0. The third-order valence-corrected chi connectivity index (χ3v) is 5.17. The van der Waals surface area contributed by atoms with Gasteiger partial charge in [-0.05, 0) is 18.8 Å². The standard InChI is InChI=1S/C17H25F3N2O5/c1-10-2-12(3-10)25-8-15(23)21-11-6-22(7-11)16(24)9-26-13-4-14(5-13)27-17(18,19)20/h10-14H,2-9H2,1H3,(H,21,23)/t10-,12+,13?,14?. The van der Waals surface area contributed by atoms with Crippen molar-refractivity contribution in [1.82, 2.24) is 10.2 Å². The monoisotopic (exact) mass is 394 g/mol. The summed E-state index contributed by atoms with van der Waals surface area (Å²) in [6.45, 7) is 2.81. The van der Waals surface area contributed by atoms with Crippen molar-refractivity contribution in [2.75, 3.05) is 26.3 Å². The van der Waals surface area contributed by atoms with Gasteiger partial charge in [-0.25, -0.2) is 0 Å². The second-order valence-corrected chi connectivity index (χ2v) is 7.66. The van der Waals surface area contributed by atoms with Crippen LogP contribution in [0.25, 0.3) is 0 Å². The van der Waals surface area contributed by atoms with Gasteiger partial charge in [0.1, 0.15) is 13.2 Å². The van der Waals surface area contributed by atoms with Gasteiger partial charge in [-0.1, -0.05) is 6.92 Å². The quantitative estimate of drug-likeness (QED) is 0.670. The molecule has 27 heavy (non-hydrogen) atoms. The number of likely N-dealkylation sites (tertiary alicyclic amines) is 1. The molecular weight excluding hydrogens is 369 g/mol. The molecule has 154 valence electrons. The van der Waals surface area contributed by atoms with Crippen molar-refractivity contribution < 1.29 is 37.0 Å². The number of hydrogen-bond acceptors (Lipinski definition) is 5. The Balaban J connectivity index is 1.20. The molecule has 7 nitrogen and oxygen atoms in total. The number of nitrogens with zero attached hydrogens (tertiary/aromatic N) is 1. The average molecular weight is 394 g/mol. The van der Waals surface area contributed by atoms with Gasteiger partial charge < -0.3 is 19.7 Å². The zero-order valence-electron chi connectivity index (χ0n) is 15.2. The molecule has 0 unspecified atom stereocenters. The molecule has 0 atom stereocenters. The molecule has 3 rings (SSSR count). The maximum Gasteiger partial charge on any atom is 0.522 e. The molecule has 0 radical (unpaired) electrons. The van der Waals surface area contributed by atoms with E-state index in [1.165, 1.54) is 0 Å². The first-order valence-corrected chi connectivity index (χ1v) is 9.23. The first kappa shape index (κ1) is 20.3. The van der Waals surface area contributed by atoms with E-state index in [-0.39, 0.29) is 56.1 Å². The van der Waals surface area contributed by atoms with Gasteiger partial charge in [0.2, 0.25) is 11.8 Å². The fourth-order valence-electron chi connectivity index (χ4n) is 3.42. The smallest absolute Gasteiger partial charge is 0.368 e. The van der Waals surface area contributed by atoms with Crippen molar-refractivity contribution in [3.63, 3.8) is 0 Å². The van der Waals surface area contributed by atoms with Crippen LogP contribution < -0.4 is 5.32 Å². The topological polar surface area (TPSA) is 77.1 Å². The zero-order chi connectivity index (χ0) is 19.6. The van der Waals surface area contributed by atoms with E-state index in [1.54, 1.807) is 4.90 Å². The van der Waals surface area contributed by atoms with Gasteiger partial charge in [0, 0.05) is 25.9 Å². The average Bonchev–Trinajstić information content (AvgIpc) is 2.46. The molecule has 0 aromatic rings. The summed E-state index contributed by atoms with van der Waals surface area (Å²) in [4.78, 5) is 25.3. The molecule has 0 aromatic heterocycles. The van der Waals surface area contributed by atoms with Crippen LogP contribution >= 0.6 is 0 Å². The van der Waals surface area contributed by atoms with E-state index >= 15 is 0 Å². The van der Waals surface area contributed by atoms with E-state index in [0.29, 0.717) is 19.0 Å². The Labute approximate surface area is 155 Å². The lowest BCUT2D eigenvalue weighted by molar-refractivity contribution is -0.357. The lowest BCUT2D eigenvalue weighted by atomic mass is 9.84. The van der Waals surface area contributed by atoms with Crippen LogP contribution in [0.5, 0.6) is 0 Å². The van der Waals surface area contributed by atoms with Crippen LogP contribution in [0.1, 0.15) is 32.6 Å². The molecule has 0 bridgehead atoms. The number of hydrogen-bond donors (Lipinski definition) is 1. The normalized spacial score (nSPS) is 30.9. The van der Waals surface area contributed by atoms with Gasteiger partial charge in [0.25, 0.3) is 0 Å². The van der Waals surface area contributed by atoms with Crippen molar-refractivity contribution in [2.45, 2.75) is 63.3 Å². The molecule has 0 spiro atoms. The summed E-state index contributed by atoms with van der Waals surface area (Å²) >= 11 is 0. The van der Waals surface area contributed by atoms with Crippen LogP contribution in [-0.2, 0) is 23.8 Å². The van der Waals surface area contributed by atoms with E-state index in [9.17, 15) is 22.8 Å². The van der Waals surface area contributed by atoms with Crippen LogP contribution in [0.3, 0.4) is 0 Å². The zero-order valence-corrected chi connectivity index (χ0v) is 15.2. The minimum atomic E-state index is -4.64. The maximum absolute atomic E-state index is 12.0. The fraction of sp³-hybridized carbons (Fsp3) is 0.882. The molecule has 0 aromatic carbocycles. The molecule has 10 heteroatoms. The van der Waals surface area contributed by atoms with Gasteiger partial charge in [-0.15, -0.1) is 13.2 Å². The molecule has 3 aliphatic rings. The molecule has 2 aliphatic carbocycles. The molecule has 1 N–H and O–H groups in total. The Morgan fingerprint density at radius 2 is 1.59 bits per heavy atom. The second-order valence-electron chi connectivity index (χ2n) is 7.66. The van der Waals surface area contributed by atoms with E-state index < -0.39 is 12.5 Å². The van der Waals surface area contributed by atoms with E-state index in [1.807, 2.05) is 0 Å². The molecular formula is C17H25F3N2O5. The summed E-state index contributed by atoms with van der Waals surface area (Å²) in [6.07, 6.45) is -3.49. The maximum atomic E-state index is 12.0. The molecule has 1 heterocycles. The molecule has 2 amide bonds. The number of nitrogens with one attached hydrogen (secondary N) is 1. The highest BCUT2D eigenvalue weighted by Crippen LogP contribution is 2.32. The number of carbonyl (C=O) groups is 2. The Morgan fingerprint density at radius 3 is 2.19 bits per heavy atom. The molecule has 1 saturated heterocycles. The van der Waals surface area contributed by atoms with Crippen molar-refractivity contribution in [3.8, 4) is 0 Å². The summed E-state index contributed by atoms with van der Waals surface area (Å²) < 4.78 is 50.7. The largest absolute Gasteiger partial charge is 0.522 e. The number of ether oxygens (including phenoxy) is 3. The molecule has 3 fully saturated rings. The number of carbonyl (C=O) groups excluding carboxylic acids is 2. The predicted molar refractivity (Wildman–Crippen MR) is 86.6 cm³/mol. The highest BCUT2D eigenvalue weighted by molar-refractivity contribution is 5.80. The van der Waals surface area contributed by atoms with Gasteiger partial charge in [-0.2, -0.15) is 0 Å². The van der Waals surface area contributed by atoms with Crippen LogP contribution in [0.15, 0.2) is 0 Å². The summed E-state index contributed by atoms with van der Waals surface area (Å²) in [6, 6.07) is -0.0985. The Morgan fingerprint density at radius 1 is 1.00 bits per heavy atom. The molecule has 2 saturated carbocycles. The number of halogens is 3. The Kier molecular flexibility index (Phi) is 6.27. The first-order chi connectivity index (χ1) is 12.7. The predicted octanol–water partition coefficient (Wildman–Crippen LogP) is 1.21. The number of alkyl halides is 3. The lowest BCUT2D eigenvalue weighted by Gasteiger charge is -2.40. The second kappa shape index (κ2) is 8.32.